The molecule has 0 aromatic rings. The second-order valence-electron chi connectivity index (χ2n) is 22.7. The van der Waals surface area contributed by atoms with Gasteiger partial charge in [0.15, 0.2) is 6.10 Å². The summed E-state index contributed by atoms with van der Waals surface area (Å²) in [6.45, 7) is 6.63. The van der Waals surface area contributed by atoms with Crippen LogP contribution in [0.25, 0.3) is 0 Å². The van der Waals surface area contributed by atoms with E-state index in [1.165, 1.54) is 218 Å². The molecule has 0 bridgehead atoms. The van der Waals surface area contributed by atoms with E-state index in [9.17, 15) is 14.4 Å². The van der Waals surface area contributed by atoms with Crippen molar-refractivity contribution in [3.05, 3.63) is 72.9 Å². The van der Waals surface area contributed by atoms with Gasteiger partial charge in [-0.2, -0.15) is 0 Å². The molecule has 452 valence electrons. The van der Waals surface area contributed by atoms with Crippen molar-refractivity contribution in [2.24, 2.45) is 0 Å². The molecular weight excluding hydrogens is 961 g/mol. The first-order chi connectivity index (χ1) is 38.5. The van der Waals surface area contributed by atoms with Crippen LogP contribution in [-0.4, -0.2) is 37.2 Å². The van der Waals surface area contributed by atoms with Crippen molar-refractivity contribution < 1.29 is 28.6 Å². The molecule has 0 fully saturated rings. The SMILES string of the molecule is CCCCC/C=C\C/C=C\CCCCCCCCCC(=O)OC(COC(=O)CCCCCCC/C=C\CCCCCCCCC)COC(=O)CCCCCCCCCCCCCC/C=C\C/C=C\C/C=C\CCCCCCC. The van der Waals surface area contributed by atoms with Gasteiger partial charge in [0.2, 0.25) is 0 Å². The van der Waals surface area contributed by atoms with Crippen LogP contribution in [0.2, 0.25) is 0 Å². The summed E-state index contributed by atoms with van der Waals surface area (Å²) in [7, 11) is 0. The zero-order valence-corrected chi connectivity index (χ0v) is 51.9. The normalized spacial score (nSPS) is 12.5. The fourth-order valence-electron chi connectivity index (χ4n) is 9.77. The first kappa shape index (κ1) is 74.8. The van der Waals surface area contributed by atoms with Crippen LogP contribution in [0.4, 0.5) is 0 Å². The lowest BCUT2D eigenvalue weighted by Gasteiger charge is -2.18. The van der Waals surface area contributed by atoms with Crippen LogP contribution in [0, 0.1) is 0 Å². The van der Waals surface area contributed by atoms with Crippen LogP contribution in [-0.2, 0) is 28.6 Å². The number of hydrogen-bond donors (Lipinski definition) is 0. The highest BCUT2D eigenvalue weighted by Crippen LogP contribution is 2.17. The Balaban J connectivity index is 4.31. The average Bonchev–Trinajstić information content (AvgIpc) is 3.44. The summed E-state index contributed by atoms with van der Waals surface area (Å²) in [6, 6.07) is 0. The Morgan fingerprint density at radius 1 is 0.256 bits per heavy atom. The average molecular weight is 1090 g/mol. The third-order valence-corrected chi connectivity index (χ3v) is 14.9. The molecule has 0 rings (SSSR count). The van der Waals surface area contributed by atoms with E-state index < -0.39 is 6.10 Å². The van der Waals surface area contributed by atoms with Crippen molar-refractivity contribution in [1.82, 2.24) is 0 Å². The minimum absolute atomic E-state index is 0.0804. The highest BCUT2D eigenvalue weighted by molar-refractivity contribution is 5.71. The van der Waals surface area contributed by atoms with E-state index in [2.05, 4.69) is 93.7 Å². The first-order valence-corrected chi connectivity index (χ1v) is 33.9. The van der Waals surface area contributed by atoms with Gasteiger partial charge in [-0.05, 0) is 116 Å². The highest BCUT2D eigenvalue weighted by Gasteiger charge is 2.19. The molecule has 1 atom stereocenters. The maximum Gasteiger partial charge on any atom is 0.306 e. The monoisotopic (exact) mass is 1090 g/mol. The molecule has 0 spiro atoms. The summed E-state index contributed by atoms with van der Waals surface area (Å²) in [5.74, 6) is -0.882. The van der Waals surface area contributed by atoms with Crippen LogP contribution in [0.1, 0.15) is 348 Å². The zero-order chi connectivity index (χ0) is 56.4. The van der Waals surface area contributed by atoms with E-state index in [-0.39, 0.29) is 31.1 Å². The lowest BCUT2D eigenvalue weighted by Crippen LogP contribution is -2.30. The molecule has 0 saturated heterocycles. The van der Waals surface area contributed by atoms with Crippen molar-refractivity contribution in [3.8, 4) is 0 Å². The number of ether oxygens (including phenoxy) is 3. The van der Waals surface area contributed by atoms with E-state index in [1.54, 1.807) is 0 Å². The minimum Gasteiger partial charge on any atom is -0.462 e. The van der Waals surface area contributed by atoms with Crippen LogP contribution in [0.3, 0.4) is 0 Å². The molecule has 0 heterocycles. The summed E-state index contributed by atoms with van der Waals surface area (Å²) >= 11 is 0. The van der Waals surface area contributed by atoms with Gasteiger partial charge in [0.1, 0.15) is 13.2 Å². The number of carbonyl (C=O) groups is 3. The Morgan fingerprint density at radius 3 is 0.756 bits per heavy atom. The smallest absolute Gasteiger partial charge is 0.306 e. The number of rotatable bonds is 62. The quantitative estimate of drug-likeness (QED) is 0.0261. The van der Waals surface area contributed by atoms with E-state index in [4.69, 9.17) is 14.2 Å². The Kier molecular flexibility index (Phi) is 63.7. The van der Waals surface area contributed by atoms with Crippen molar-refractivity contribution in [3.63, 3.8) is 0 Å². The molecule has 0 aliphatic carbocycles. The van der Waals surface area contributed by atoms with E-state index in [1.807, 2.05) is 0 Å². The van der Waals surface area contributed by atoms with Gasteiger partial charge in [0.25, 0.3) is 0 Å². The second-order valence-corrected chi connectivity index (χ2v) is 22.7. The molecule has 0 amide bonds. The number of carbonyl (C=O) groups excluding carboxylic acids is 3. The van der Waals surface area contributed by atoms with Gasteiger partial charge in [-0.15, -0.1) is 0 Å². The van der Waals surface area contributed by atoms with Crippen LogP contribution in [0.15, 0.2) is 72.9 Å². The summed E-state index contributed by atoms with van der Waals surface area (Å²) in [4.78, 5) is 38.4. The third-order valence-electron chi connectivity index (χ3n) is 14.9. The molecule has 0 N–H and O–H groups in total. The van der Waals surface area contributed by atoms with Crippen LogP contribution in [0.5, 0.6) is 0 Å². The molecule has 0 aromatic heterocycles. The van der Waals surface area contributed by atoms with Crippen molar-refractivity contribution in [2.45, 2.75) is 354 Å². The van der Waals surface area contributed by atoms with Gasteiger partial charge < -0.3 is 14.2 Å². The summed E-state index contributed by atoms with van der Waals surface area (Å²) < 4.78 is 17.0. The van der Waals surface area contributed by atoms with E-state index >= 15 is 0 Å². The van der Waals surface area contributed by atoms with Gasteiger partial charge in [-0.3, -0.25) is 14.4 Å². The topological polar surface area (TPSA) is 78.9 Å². The molecule has 78 heavy (non-hydrogen) atoms. The molecule has 0 radical (unpaired) electrons. The Hall–Kier alpha value is -3.15. The lowest BCUT2D eigenvalue weighted by atomic mass is 10.0. The first-order valence-electron chi connectivity index (χ1n) is 33.9. The molecule has 1 unspecified atom stereocenters. The summed E-state index contributed by atoms with van der Waals surface area (Å²) in [5.41, 5.74) is 0. The van der Waals surface area contributed by atoms with Gasteiger partial charge in [0, 0.05) is 19.3 Å². The van der Waals surface area contributed by atoms with Gasteiger partial charge in [-0.1, -0.05) is 286 Å². The standard InChI is InChI=1S/C72H128O6/c1-4-7-10-13-16-19-22-25-28-31-32-33-34-35-36-37-38-39-40-42-44-47-50-53-56-59-62-65-71(74)77-68-69(67-76-70(73)64-61-58-55-52-49-46-43-30-27-24-21-18-15-12-9-6-3)78-72(75)66-63-60-57-54-51-48-45-41-29-26-23-20-17-14-11-8-5-2/h17,20,22,25-26,29-32,34-35,43,69H,4-16,18-19,21,23-24,27-28,33,36-42,44-68H2,1-3H3/b20-17-,25-22-,29-26-,32-31-,35-34-,43-30-. The fraction of sp³-hybridized carbons (Fsp3) is 0.792. The van der Waals surface area contributed by atoms with Gasteiger partial charge in [0.05, 0.1) is 0 Å². The lowest BCUT2D eigenvalue weighted by molar-refractivity contribution is -0.167. The summed E-state index contributed by atoms with van der Waals surface area (Å²) in [6.07, 6.45) is 86.2. The Bertz CT molecular complexity index is 1440. The summed E-state index contributed by atoms with van der Waals surface area (Å²) in [5, 5.41) is 0. The molecule has 6 heteroatoms. The van der Waals surface area contributed by atoms with Crippen LogP contribution < -0.4 is 0 Å². The molecule has 0 aliphatic rings. The number of allylic oxidation sites excluding steroid dienone is 12. The van der Waals surface area contributed by atoms with Crippen LogP contribution >= 0.6 is 0 Å². The Morgan fingerprint density at radius 2 is 0.462 bits per heavy atom. The van der Waals surface area contributed by atoms with E-state index in [0.717, 1.165) is 89.9 Å². The predicted octanol–water partition coefficient (Wildman–Crippen LogP) is 23.3. The second kappa shape index (κ2) is 66.4. The van der Waals surface area contributed by atoms with Crippen molar-refractivity contribution >= 4 is 17.9 Å². The maximum absolute atomic E-state index is 12.9. The number of hydrogen-bond acceptors (Lipinski definition) is 6. The minimum atomic E-state index is -0.785. The van der Waals surface area contributed by atoms with Gasteiger partial charge >= 0.3 is 17.9 Å². The van der Waals surface area contributed by atoms with Gasteiger partial charge in [-0.25, -0.2) is 0 Å². The zero-order valence-electron chi connectivity index (χ0n) is 51.9. The molecule has 6 nitrogen and oxygen atoms in total. The molecular formula is C72H128O6. The van der Waals surface area contributed by atoms with E-state index in [0.29, 0.717) is 19.3 Å². The molecule has 0 saturated carbocycles. The fourth-order valence-corrected chi connectivity index (χ4v) is 9.77. The van der Waals surface area contributed by atoms with Crippen molar-refractivity contribution in [1.29, 1.82) is 0 Å². The number of unbranched alkanes of at least 4 members (excludes halogenated alkanes) is 39. The third kappa shape index (κ3) is 63.7. The Labute approximate surface area is 484 Å². The predicted molar refractivity (Wildman–Crippen MR) is 339 cm³/mol. The van der Waals surface area contributed by atoms with Crippen molar-refractivity contribution in [2.75, 3.05) is 13.2 Å². The largest absolute Gasteiger partial charge is 0.462 e. The maximum atomic E-state index is 12.9. The molecule has 0 aliphatic heterocycles. The highest BCUT2D eigenvalue weighted by atomic mass is 16.6. The molecule has 0 aromatic carbocycles. The number of esters is 3.